The Kier molecular flexibility index (Phi) is 4.45. The molecule has 2 unspecified atom stereocenters. The third kappa shape index (κ3) is 2.47. The maximum atomic E-state index is 2.52. The van der Waals surface area contributed by atoms with Crippen LogP contribution < -0.4 is 0 Å². The van der Waals surface area contributed by atoms with Gasteiger partial charge in [0.15, 0.2) is 0 Å². The Morgan fingerprint density at radius 2 is 1.09 bits per heavy atom. The van der Waals surface area contributed by atoms with Crippen LogP contribution >= 0.6 is 0 Å². The van der Waals surface area contributed by atoms with Gasteiger partial charge in [0.05, 0.1) is 0 Å². The van der Waals surface area contributed by atoms with Crippen molar-refractivity contribution in [1.82, 2.24) is 0 Å². The molecule has 0 aromatic rings. The summed E-state index contributed by atoms with van der Waals surface area (Å²) in [6.45, 7) is 5.04. The van der Waals surface area contributed by atoms with Gasteiger partial charge in [0.25, 0.3) is 0 Å². The molecule has 0 aromatic heterocycles. The van der Waals surface area contributed by atoms with Gasteiger partial charge in [-0.2, -0.15) is 0 Å². The maximum absolute atomic E-state index is 2.52. The molecular formula is C23H36. The van der Waals surface area contributed by atoms with Crippen molar-refractivity contribution < 1.29 is 0 Å². The first-order chi connectivity index (χ1) is 11.3. The highest BCUT2D eigenvalue weighted by atomic mass is 14.5. The molecule has 23 heavy (non-hydrogen) atoms. The van der Waals surface area contributed by atoms with Gasteiger partial charge in [-0.15, -0.1) is 0 Å². The van der Waals surface area contributed by atoms with E-state index in [1.807, 2.05) is 22.3 Å². The molecule has 0 bridgehead atoms. The van der Waals surface area contributed by atoms with Crippen LogP contribution in [0.2, 0.25) is 0 Å². The van der Waals surface area contributed by atoms with Crippen molar-refractivity contribution in [1.29, 1.82) is 0 Å². The van der Waals surface area contributed by atoms with E-state index in [0.717, 1.165) is 11.8 Å². The summed E-state index contributed by atoms with van der Waals surface area (Å²) >= 11 is 0. The van der Waals surface area contributed by atoms with Gasteiger partial charge in [0.2, 0.25) is 0 Å². The van der Waals surface area contributed by atoms with Gasteiger partial charge in [-0.3, -0.25) is 0 Å². The van der Waals surface area contributed by atoms with Crippen molar-refractivity contribution >= 4 is 0 Å². The van der Waals surface area contributed by atoms with E-state index in [1.165, 1.54) is 89.9 Å². The lowest BCUT2D eigenvalue weighted by molar-refractivity contribution is 0.0932. The van der Waals surface area contributed by atoms with Crippen LogP contribution in [0.25, 0.3) is 0 Å². The first kappa shape index (κ1) is 16.0. The number of rotatable bonds is 4. The van der Waals surface area contributed by atoms with Crippen molar-refractivity contribution in [3.63, 3.8) is 0 Å². The van der Waals surface area contributed by atoms with E-state index in [9.17, 15) is 0 Å². The molecule has 0 saturated heterocycles. The van der Waals surface area contributed by atoms with Crippen molar-refractivity contribution in [2.45, 2.75) is 104 Å². The fourth-order valence-electron chi connectivity index (χ4n) is 7.13. The minimum Gasteiger partial charge on any atom is -0.0707 e. The monoisotopic (exact) mass is 312 g/mol. The molecule has 0 fully saturated rings. The quantitative estimate of drug-likeness (QED) is 0.476. The minimum absolute atomic E-state index is 0.600. The van der Waals surface area contributed by atoms with Crippen molar-refractivity contribution in [3.8, 4) is 0 Å². The van der Waals surface area contributed by atoms with Crippen molar-refractivity contribution in [2.24, 2.45) is 17.3 Å². The van der Waals surface area contributed by atoms with Crippen LogP contribution in [0.15, 0.2) is 22.3 Å². The maximum Gasteiger partial charge on any atom is -0.0135 e. The third-order valence-electron chi connectivity index (χ3n) is 8.27. The standard InChI is InChI=1S/C23H36/c1-3-23(4-2,21-15-13-17-9-5-7-11-19(17)21)22-16-14-18-10-6-8-12-20(18)22/h21-22H,3-16H2,1-2H3. The molecule has 0 aliphatic heterocycles. The second kappa shape index (κ2) is 6.41. The molecule has 0 heteroatoms. The Bertz CT molecular complexity index is 470. The first-order valence-corrected chi connectivity index (χ1v) is 10.7. The predicted molar refractivity (Wildman–Crippen MR) is 99.5 cm³/mol. The van der Waals surface area contributed by atoms with Gasteiger partial charge in [0.1, 0.15) is 0 Å². The van der Waals surface area contributed by atoms with Crippen LogP contribution in [0.5, 0.6) is 0 Å². The average Bonchev–Trinajstić information content (AvgIpc) is 3.23. The zero-order valence-electron chi connectivity index (χ0n) is 15.6. The fourth-order valence-corrected chi connectivity index (χ4v) is 7.13. The van der Waals surface area contributed by atoms with Gasteiger partial charge >= 0.3 is 0 Å². The van der Waals surface area contributed by atoms with E-state index in [1.54, 1.807) is 0 Å². The van der Waals surface area contributed by atoms with E-state index in [0.29, 0.717) is 5.41 Å². The van der Waals surface area contributed by atoms with E-state index in [-0.39, 0.29) is 0 Å². The predicted octanol–water partition coefficient (Wildman–Crippen LogP) is 7.35. The molecule has 0 aromatic carbocycles. The number of allylic oxidation sites excluding steroid dienone is 4. The van der Waals surface area contributed by atoms with Crippen LogP contribution in [0, 0.1) is 17.3 Å². The third-order valence-corrected chi connectivity index (χ3v) is 8.27. The lowest BCUT2D eigenvalue weighted by Crippen LogP contribution is -2.38. The van der Waals surface area contributed by atoms with Crippen LogP contribution in [0.3, 0.4) is 0 Å². The summed E-state index contributed by atoms with van der Waals surface area (Å²) in [5.41, 5.74) is 8.34. The summed E-state index contributed by atoms with van der Waals surface area (Å²) in [4.78, 5) is 0. The summed E-state index contributed by atoms with van der Waals surface area (Å²) in [6.07, 6.45) is 20.3. The smallest absolute Gasteiger partial charge is 0.0135 e. The van der Waals surface area contributed by atoms with Crippen LogP contribution in [0.1, 0.15) is 104 Å². The van der Waals surface area contributed by atoms with E-state index in [2.05, 4.69) is 13.8 Å². The molecule has 128 valence electrons. The Morgan fingerprint density at radius 3 is 1.52 bits per heavy atom. The van der Waals surface area contributed by atoms with Crippen LogP contribution in [-0.2, 0) is 0 Å². The highest BCUT2D eigenvalue weighted by Gasteiger charge is 2.49. The van der Waals surface area contributed by atoms with E-state index in [4.69, 9.17) is 0 Å². The average molecular weight is 313 g/mol. The normalized spacial score (nSPS) is 31.6. The van der Waals surface area contributed by atoms with Gasteiger partial charge in [0, 0.05) is 0 Å². The first-order valence-electron chi connectivity index (χ1n) is 10.7. The zero-order chi connectivity index (χ0) is 15.9. The molecule has 0 spiro atoms. The SMILES string of the molecule is CCC(CC)(C1CCC2=C1CCCC2)C1CCC2=C1CCCC2. The molecule has 4 aliphatic rings. The number of hydrogen-bond acceptors (Lipinski definition) is 0. The van der Waals surface area contributed by atoms with Gasteiger partial charge in [-0.25, -0.2) is 0 Å². The fraction of sp³-hybridized carbons (Fsp3) is 0.826. The molecule has 0 nitrogen and oxygen atoms in total. The van der Waals surface area contributed by atoms with Crippen molar-refractivity contribution in [2.75, 3.05) is 0 Å². The molecule has 0 radical (unpaired) electrons. The summed E-state index contributed by atoms with van der Waals surface area (Å²) in [5.74, 6) is 1.87. The van der Waals surface area contributed by atoms with Crippen LogP contribution in [0.4, 0.5) is 0 Å². The van der Waals surface area contributed by atoms with E-state index < -0.39 is 0 Å². The van der Waals surface area contributed by atoms with E-state index >= 15 is 0 Å². The minimum atomic E-state index is 0.600. The van der Waals surface area contributed by atoms with Gasteiger partial charge in [-0.05, 0) is 107 Å². The van der Waals surface area contributed by atoms with Gasteiger partial charge < -0.3 is 0 Å². The largest absolute Gasteiger partial charge is 0.0707 e. The van der Waals surface area contributed by atoms with Gasteiger partial charge in [-0.1, -0.05) is 36.1 Å². The second-order valence-corrected chi connectivity index (χ2v) is 8.79. The van der Waals surface area contributed by atoms with Crippen LogP contribution in [-0.4, -0.2) is 0 Å². The molecular weight excluding hydrogens is 276 g/mol. The summed E-state index contributed by atoms with van der Waals surface area (Å²) in [5, 5.41) is 0. The molecule has 0 saturated carbocycles. The number of hydrogen-bond donors (Lipinski definition) is 0. The second-order valence-electron chi connectivity index (χ2n) is 8.79. The molecule has 0 amide bonds. The molecule has 0 heterocycles. The molecule has 4 rings (SSSR count). The highest BCUT2D eigenvalue weighted by Crippen LogP contribution is 2.60. The summed E-state index contributed by atoms with van der Waals surface area (Å²) in [7, 11) is 0. The topological polar surface area (TPSA) is 0 Å². The molecule has 4 aliphatic carbocycles. The lowest BCUT2D eigenvalue weighted by Gasteiger charge is -2.46. The van der Waals surface area contributed by atoms with Crippen molar-refractivity contribution in [3.05, 3.63) is 22.3 Å². The summed E-state index contributed by atoms with van der Waals surface area (Å²) in [6, 6.07) is 0. The molecule has 2 atom stereocenters. The Hall–Kier alpha value is -0.520. The molecule has 0 N–H and O–H groups in total. The summed E-state index contributed by atoms with van der Waals surface area (Å²) < 4.78 is 0. The Labute approximate surface area is 143 Å². The highest BCUT2D eigenvalue weighted by molar-refractivity contribution is 5.33. The Balaban J connectivity index is 1.70. The lowest BCUT2D eigenvalue weighted by atomic mass is 9.58. The zero-order valence-corrected chi connectivity index (χ0v) is 15.6. The Morgan fingerprint density at radius 1 is 0.652 bits per heavy atom.